The second kappa shape index (κ2) is 4.90. The quantitative estimate of drug-likeness (QED) is 0.599. The smallest absolute Gasteiger partial charge is 0.0290 e. The van der Waals surface area contributed by atoms with Gasteiger partial charge in [-0.05, 0) is 11.5 Å². The van der Waals surface area contributed by atoms with Crippen molar-refractivity contribution in [1.29, 1.82) is 0 Å². The number of nitrogens with zero attached hydrogens (tertiary/aromatic N) is 1. The Morgan fingerprint density at radius 2 is 1.92 bits per heavy atom. The third-order valence-corrected chi connectivity index (χ3v) is 1.63. The zero-order valence-corrected chi connectivity index (χ0v) is 9.30. The highest BCUT2D eigenvalue weighted by molar-refractivity contribution is 5.16. The summed E-state index contributed by atoms with van der Waals surface area (Å²) in [6.07, 6.45) is 5.64. The van der Waals surface area contributed by atoms with Crippen molar-refractivity contribution >= 4 is 0 Å². The Balaban J connectivity index is 4.11. The van der Waals surface area contributed by atoms with Gasteiger partial charge in [-0.15, -0.1) is 0 Å². The van der Waals surface area contributed by atoms with E-state index >= 15 is 0 Å². The molecule has 0 aromatic rings. The Hall–Kier alpha value is -0.980. The van der Waals surface area contributed by atoms with Crippen LogP contribution in [0.2, 0.25) is 0 Å². The molecule has 1 heteroatoms. The molecule has 0 bridgehead atoms. The van der Waals surface area contributed by atoms with E-state index in [2.05, 4.69) is 45.9 Å². The second-order valence-corrected chi connectivity index (χ2v) is 4.50. The first-order chi connectivity index (χ1) is 5.87. The Labute approximate surface area is 82.4 Å². The zero-order valence-electron chi connectivity index (χ0n) is 9.30. The summed E-state index contributed by atoms with van der Waals surface area (Å²) in [5, 5.41) is 0. The van der Waals surface area contributed by atoms with Crippen molar-refractivity contribution in [3.63, 3.8) is 0 Å². The zero-order chi connectivity index (χ0) is 10.5. The molecule has 0 saturated heterocycles. The normalized spacial score (nSPS) is 11.7. The summed E-state index contributed by atoms with van der Waals surface area (Å²) in [5.41, 5.74) is 1.33. The van der Waals surface area contributed by atoms with Gasteiger partial charge in [-0.2, -0.15) is 0 Å². The van der Waals surface area contributed by atoms with E-state index in [4.69, 9.17) is 0 Å². The summed E-state index contributed by atoms with van der Waals surface area (Å²) >= 11 is 0. The van der Waals surface area contributed by atoms with Gasteiger partial charge in [0.1, 0.15) is 0 Å². The number of rotatable bonds is 4. The molecular formula is C12H21N. The van der Waals surface area contributed by atoms with Crippen molar-refractivity contribution < 1.29 is 0 Å². The third-order valence-electron chi connectivity index (χ3n) is 1.63. The lowest BCUT2D eigenvalue weighted by atomic mass is 9.96. The van der Waals surface area contributed by atoms with E-state index in [1.165, 1.54) is 0 Å². The minimum Gasteiger partial charge on any atom is -0.375 e. The number of likely N-dealkylation sites (N-methyl/N-ethyl adjacent to an activating group) is 1. The van der Waals surface area contributed by atoms with E-state index in [-0.39, 0.29) is 0 Å². The van der Waals surface area contributed by atoms with Crippen LogP contribution in [0.25, 0.3) is 0 Å². The Kier molecular flexibility index (Phi) is 4.53. The first-order valence-electron chi connectivity index (χ1n) is 4.56. The molecule has 13 heavy (non-hydrogen) atoms. The summed E-state index contributed by atoms with van der Waals surface area (Å²) in [7, 11) is 2.06. The van der Waals surface area contributed by atoms with Crippen molar-refractivity contribution in [2.24, 2.45) is 5.41 Å². The number of hydrogen-bond acceptors (Lipinski definition) is 1. The van der Waals surface area contributed by atoms with E-state index in [0.29, 0.717) is 5.41 Å². The fraction of sp³-hybridized carbons (Fsp3) is 0.500. The number of hydrogen-bond donors (Lipinski definition) is 0. The van der Waals surface area contributed by atoms with Crippen LogP contribution in [0.15, 0.2) is 37.1 Å². The Morgan fingerprint density at radius 3 is 2.31 bits per heavy atom. The van der Waals surface area contributed by atoms with Gasteiger partial charge in [-0.1, -0.05) is 46.1 Å². The minimum atomic E-state index is 0.305. The largest absolute Gasteiger partial charge is 0.375 e. The Morgan fingerprint density at radius 1 is 1.38 bits per heavy atom. The van der Waals surface area contributed by atoms with Crippen LogP contribution < -0.4 is 0 Å². The summed E-state index contributed by atoms with van der Waals surface area (Å²) in [6.45, 7) is 15.2. The van der Waals surface area contributed by atoms with Crippen LogP contribution in [0.1, 0.15) is 20.8 Å². The molecule has 0 radical (unpaired) electrons. The highest BCUT2D eigenvalue weighted by atomic mass is 15.1. The van der Waals surface area contributed by atoms with Crippen LogP contribution in [-0.2, 0) is 0 Å². The molecule has 0 heterocycles. The van der Waals surface area contributed by atoms with Gasteiger partial charge in [0.2, 0.25) is 0 Å². The average molecular weight is 179 g/mol. The molecule has 0 aromatic carbocycles. The van der Waals surface area contributed by atoms with Crippen LogP contribution in [-0.4, -0.2) is 18.5 Å². The van der Waals surface area contributed by atoms with E-state index in [9.17, 15) is 0 Å². The first-order valence-corrected chi connectivity index (χ1v) is 4.56. The highest BCUT2D eigenvalue weighted by Gasteiger charge is 2.13. The van der Waals surface area contributed by atoms with Crippen LogP contribution in [0.4, 0.5) is 0 Å². The van der Waals surface area contributed by atoms with E-state index in [1.807, 2.05) is 12.2 Å². The fourth-order valence-electron chi connectivity index (χ4n) is 1.12. The lowest BCUT2D eigenvalue weighted by Gasteiger charge is -2.28. The van der Waals surface area contributed by atoms with E-state index < -0.39 is 0 Å². The van der Waals surface area contributed by atoms with Gasteiger partial charge >= 0.3 is 0 Å². The molecule has 1 nitrogen and oxygen atoms in total. The maximum absolute atomic E-state index is 3.97. The molecule has 0 aliphatic heterocycles. The number of allylic oxidation sites excluding steroid dienone is 3. The topological polar surface area (TPSA) is 3.24 Å². The van der Waals surface area contributed by atoms with Gasteiger partial charge < -0.3 is 4.90 Å². The molecule has 0 amide bonds. The summed E-state index contributed by atoms with van der Waals surface area (Å²) in [5.74, 6) is 0. The molecule has 0 aliphatic carbocycles. The molecular weight excluding hydrogens is 158 g/mol. The maximum atomic E-state index is 3.97. The second-order valence-electron chi connectivity index (χ2n) is 4.50. The molecule has 0 unspecified atom stereocenters. The lowest BCUT2D eigenvalue weighted by Crippen LogP contribution is -2.27. The van der Waals surface area contributed by atoms with Crippen molar-refractivity contribution in [2.75, 3.05) is 13.6 Å². The van der Waals surface area contributed by atoms with Crippen molar-refractivity contribution in [3.8, 4) is 0 Å². The van der Waals surface area contributed by atoms with E-state index in [0.717, 1.165) is 12.2 Å². The molecule has 0 rings (SSSR count). The predicted molar refractivity (Wildman–Crippen MR) is 60.6 cm³/mol. The SMILES string of the molecule is C=C/C=C\C(=C)N(C)CC(C)(C)C. The van der Waals surface area contributed by atoms with Gasteiger partial charge in [0, 0.05) is 19.3 Å². The third kappa shape index (κ3) is 6.21. The first kappa shape index (κ1) is 12.0. The Bertz CT molecular complexity index is 206. The predicted octanol–water partition coefficient (Wildman–Crippen LogP) is 3.22. The van der Waals surface area contributed by atoms with Gasteiger partial charge in [-0.25, -0.2) is 0 Å². The van der Waals surface area contributed by atoms with Crippen molar-refractivity contribution in [2.45, 2.75) is 20.8 Å². The molecule has 0 aromatic heterocycles. The van der Waals surface area contributed by atoms with Crippen LogP contribution in [0, 0.1) is 5.41 Å². The van der Waals surface area contributed by atoms with Crippen molar-refractivity contribution in [3.05, 3.63) is 37.1 Å². The van der Waals surface area contributed by atoms with Gasteiger partial charge in [0.25, 0.3) is 0 Å². The van der Waals surface area contributed by atoms with Gasteiger partial charge in [0.05, 0.1) is 0 Å². The van der Waals surface area contributed by atoms with Crippen LogP contribution in [0.5, 0.6) is 0 Å². The highest BCUT2D eigenvalue weighted by Crippen LogP contribution is 2.16. The van der Waals surface area contributed by atoms with Crippen LogP contribution >= 0.6 is 0 Å². The van der Waals surface area contributed by atoms with E-state index in [1.54, 1.807) is 6.08 Å². The molecule has 0 N–H and O–H groups in total. The molecule has 0 saturated carbocycles. The monoisotopic (exact) mass is 179 g/mol. The average Bonchev–Trinajstić information content (AvgIpc) is 1.96. The van der Waals surface area contributed by atoms with Crippen molar-refractivity contribution in [1.82, 2.24) is 4.90 Å². The maximum Gasteiger partial charge on any atom is 0.0290 e. The minimum absolute atomic E-state index is 0.305. The van der Waals surface area contributed by atoms with Gasteiger partial charge in [-0.3, -0.25) is 0 Å². The molecule has 0 spiro atoms. The summed E-state index contributed by atoms with van der Waals surface area (Å²) < 4.78 is 0. The summed E-state index contributed by atoms with van der Waals surface area (Å²) in [4.78, 5) is 2.15. The lowest BCUT2D eigenvalue weighted by molar-refractivity contribution is 0.275. The standard InChI is InChI=1S/C12H21N/c1-7-8-9-11(2)13(6)10-12(3,4)5/h7-9H,1-2,10H2,3-6H3/b9-8-. The molecule has 74 valence electrons. The molecule has 0 aliphatic rings. The molecule has 0 atom stereocenters. The fourth-order valence-corrected chi connectivity index (χ4v) is 1.12. The summed E-state index contributed by atoms with van der Waals surface area (Å²) in [6, 6.07) is 0. The van der Waals surface area contributed by atoms with Crippen LogP contribution in [0.3, 0.4) is 0 Å². The molecule has 0 fully saturated rings. The van der Waals surface area contributed by atoms with Gasteiger partial charge in [0.15, 0.2) is 0 Å².